The van der Waals surface area contributed by atoms with Crippen molar-refractivity contribution in [3.05, 3.63) is 84.4 Å². The number of benzene rings is 3. The quantitative estimate of drug-likeness (QED) is 0.380. The van der Waals surface area contributed by atoms with Gasteiger partial charge in [0.25, 0.3) is 5.91 Å². The number of hydrogen-bond donors (Lipinski definition) is 2. The molecule has 0 bridgehead atoms. The standard InChI is InChI=1S/C22H20N2O3S2/c1-24(18-5-3-2-4-6-18)29-20-13-9-17(10-14-20)23-22(27)16-7-11-19(12-8-16)28-15-21(25)26/h2-14H,15H2,1H3,(H,23,27)(H,25,26). The molecule has 0 fully saturated rings. The van der Waals surface area contributed by atoms with Crippen molar-refractivity contribution in [1.82, 2.24) is 0 Å². The van der Waals surface area contributed by atoms with E-state index in [0.29, 0.717) is 11.3 Å². The van der Waals surface area contributed by atoms with Crippen molar-refractivity contribution >= 4 is 47.0 Å². The van der Waals surface area contributed by atoms with Crippen LogP contribution in [0.5, 0.6) is 0 Å². The van der Waals surface area contributed by atoms with Gasteiger partial charge in [0.1, 0.15) is 0 Å². The summed E-state index contributed by atoms with van der Waals surface area (Å²) in [6.45, 7) is 0. The highest BCUT2D eigenvalue weighted by Gasteiger charge is 2.08. The Labute approximate surface area is 178 Å². The Morgan fingerprint density at radius 2 is 1.52 bits per heavy atom. The maximum Gasteiger partial charge on any atom is 0.313 e. The SMILES string of the molecule is CN(Sc1ccc(NC(=O)c2ccc(SCC(=O)O)cc2)cc1)c1ccccc1. The number of aliphatic carboxylic acids is 1. The molecule has 0 aliphatic carbocycles. The van der Waals surface area contributed by atoms with Gasteiger partial charge in [-0.05, 0) is 72.6 Å². The lowest BCUT2D eigenvalue weighted by atomic mass is 10.2. The van der Waals surface area contributed by atoms with Gasteiger partial charge in [0.05, 0.1) is 5.75 Å². The maximum absolute atomic E-state index is 12.4. The Morgan fingerprint density at radius 3 is 2.14 bits per heavy atom. The minimum Gasteiger partial charge on any atom is -0.481 e. The predicted molar refractivity (Wildman–Crippen MR) is 120 cm³/mol. The van der Waals surface area contributed by atoms with Gasteiger partial charge in [0.15, 0.2) is 0 Å². The summed E-state index contributed by atoms with van der Waals surface area (Å²) in [5.41, 5.74) is 2.35. The van der Waals surface area contributed by atoms with Crippen LogP contribution in [-0.4, -0.2) is 29.8 Å². The lowest BCUT2D eigenvalue weighted by Crippen LogP contribution is -2.11. The number of thioether (sulfide) groups is 1. The van der Waals surface area contributed by atoms with Gasteiger partial charge in [0, 0.05) is 33.8 Å². The second-order valence-corrected chi connectivity index (χ2v) is 8.36. The van der Waals surface area contributed by atoms with Gasteiger partial charge in [-0.1, -0.05) is 18.2 Å². The molecular weight excluding hydrogens is 404 g/mol. The van der Waals surface area contributed by atoms with E-state index < -0.39 is 5.97 Å². The summed E-state index contributed by atoms with van der Waals surface area (Å²) in [5, 5.41) is 11.6. The number of carbonyl (C=O) groups is 2. The highest BCUT2D eigenvalue weighted by Crippen LogP contribution is 2.28. The molecule has 0 spiro atoms. The van der Waals surface area contributed by atoms with Crippen LogP contribution in [0.25, 0.3) is 0 Å². The summed E-state index contributed by atoms with van der Waals surface area (Å²) in [6, 6.07) is 24.6. The molecule has 3 aromatic rings. The van der Waals surface area contributed by atoms with Crippen LogP contribution in [-0.2, 0) is 4.79 Å². The van der Waals surface area contributed by atoms with Crippen molar-refractivity contribution in [2.45, 2.75) is 9.79 Å². The van der Waals surface area contributed by atoms with E-state index in [4.69, 9.17) is 5.11 Å². The minimum absolute atomic E-state index is 0.00460. The van der Waals surface area contributed by atoms with Crippen molar-refractivity contribution in [2.24, 2.45) is 0 Å². The first-order valence-electron chi connectivity index (χ1n) is 8.84. The minimum atomic E-state index is -0.867. The van der Waals surface area contributed by atoms with E-state index >= 15 is 0 Å². The number of rotatable bonds is 8. The highest BCUT2D eigenvalue weighted by atomic mass is 32.2. The van der Waals surface area contributed by atoms with Crippen molar-refractivity contribution in [3.8, 4) is 0 Å². The molecule has 29 heavy (non-hydrogen) atoms. The molecule has 3 aromatic carbocycles. The first-order valence-corrected chi connectivity index (χ1v) is 10.6. The number of carboxylic acids is 1. The Balaban J connectivity index is 1.56. The molecule has 0 aliphatic heterocycles. The maximum atomic E-state index is 12.4. The molecule has 0 heterocycles. The molecule has 1 amide bonds. The molecule has 0 saturated carbocycles. The van der Waals surface area contributed by atoms with Crippen LogP contribution < -0.4 is 9.62 Å². The van der Waals surface area contributed by atoms with Crippen molar-refractivity contribution in [1.29, 1.82) is 0 Å². The number of anilines is 2. The zero-order valence-corrected chi connectivity index (χ0v) is 17.4. The topological polar surface area (TPSA) is 69.6 Å². The van der Waals surface area contributed by atoms with E-state index in [-0.39, 0.29) is 11.7 Å². The zero-order valence-electron chi connectivity index (χ0n) is 15.7. The molecule has 0 unspecified atom stereocenters. The Kier molecular flexibility index (Phi) is 7.21. The third kappa shape index (κ3) is 6.30. The molecule has 148 valence electrons. The third-order valence-corrected chi connectivity index (χ3v) is 5.92. The number of amides is 1. The fourth-order valence-corrected chi connectivity index (χ4v) is 3.92. The number of nitrogens with one attached hydrogen (secondary N) is 1. The van der Waals surface area contributed by atoms with E-state index in [1.807, 2.05) is 61.6 Å². The number of hydrogen-bond acceptors (Lipinski definition) is 5. The lowest BCUT2D eigenvalue weighted by Gasteiger charge is -2.17. The lowest BCUT2D eigenvalue weighted by molar-refractivity contribution is -0.133. The number of carboxylic acid groups (broad SMARTS) is 1. The van der Waals surface area contributed by atoms with E-state index in [2.05, 4.69) is 9.62 Å². The Morgan fingerprint density at radius 1 is 0.897 bits per heavy atom. The number of carbonyl (C=O) groups excluding carboxylic acids is 1. The largest absolute Gasteiger partial charge is 0.481 e. The van der Waals surface area contributed by atoms with Crippen LogP contribution in [0.4, 0.5) is 11.4 Å². The van der Waals surface area contributed by atoms with Gasteiger partial charge in [-0.2, -0.15) is 0 Å². The zero-order chi connectivity index (χ0) is 20.6. The van der Waals surface area contributed by atoms with Crippen molar-refractivity contribution in [2.75, 3.05) is 22.4 Å². The van der Waals surface area contributed by atoms with E-state index in [1.54, 1.807) is 36.2 Å². The summed E-state index contributed by atoms with van der Waals surface area (Å²) in [5.74, 6) is -1.08. The van der Waals surface area contributed by atoms with Crippen molar-refractivity contribution < 1.29 is 14.7 Å². The summed E-state index contributed by atoms with van der Waals surface area (Å²) < 4.78 is 2.08. The average molecular weight is 425 g/mol. The fraction of sp³-hybridized carbons (Fsp3) is 0.0909. The van der Waals surface area contributed by atoms with Crippen LogP contribution in [0.2, 0.25) is 0 Å². The van der Waals surface area contributed by atoms with E-state index in [1.165, 1.54) is 11.8 Å². The second kappa shape index (κ2) is 10.0. The van der Waals surface area contributed by atoms with Crippen LogP contribution in [0.1, 0.15) is 10.4 Å². The molecule has 2 N–H and O–H groups in total. The van der Waals surface area contributed by atoms with E-state index in [0.717, 1.165) is 15.5 Å². The van der Waals surface area contributed by atoms with E-state index in [9.17, 15) is 9.59 Å². The van der Waals surface area contributed by atoms with Gasteiger partial charge < -0.3 is 14.7 Å². The molecule has 0 atom stereocenters. The first kappa shape index (κ1) is 20.8. The number of para-hydroxylation sites is 1. The van der Waals surface area contributed by atoms with Gasteiger partial charge in [-0.25, -0.2) is 0 Å². The van der Waals surface area contributed by atoms with Crippen LogP contribution in [0.3, 0.4) is 0 Å². The summed E-state index contributed by atoms with van der Waals surface area (Å²) >= 11 is 2.83. The molecule has 5 nitrogen and oxygen atoms in total. The van der Waals surface area contributed by atoms with Gasteiger partial charge >= 0.3 is 5.97 Å². The smallest absolute Gasteiger partial charge is 0.313 e. The highest BCUT2D eigenvalue weighted by molar-refractivity contribution is 8.00. The summed E-state index contributed by atoms with van der Waals surface area (Å²) in [6.07, 6.45) is 0. The molecule has 0 aliphatic rings. The summed E-state index contributed by atoms with van der Waals surface area (Å²) in [4.78, 5) is 24.9. The van der Waals surface area contributed by atoms with Crippen LogP contribution in [0, 0.1) is 0 Å². The predicted octanol–water partition coefficient (Wildman–Crippen LogP) is 5.26. The van der Waals surface area contributed by atoms with Gasteiger partial charge in [0.2, 0.25) is 0 Å². The molecule has 0 saturated heterocycles. The van der Waals surface area contributed by atoms with Gasteiger partial charge in [-0.3, -0.25) is 9.59 Å². The molecule has 7 heteroatoms. The molecular formula is C22H20N2O3S2. The Bertz CT molecular complexity index is 962. The average Bonchev–Trinajstić information content (AvgIpc) is 2.74. The summed E-state index contributed by atoms with van der Waals surface area (Å²) in [7, 11) is 2.01. The molecule has 0 radical (unpaired) electrons. The van der Waals surface area contributed by atoms with Crippen LogP contribution >= 0.6 is 23.7 Å². The third-order valence-electron chi connectivity index (χ3n) is 3.95. The number of nitrogens with zero attached hydrogens (tertiary/aromatic N) is 1. The van der Waals surface area contributed by atoms with Crippen LogP contribution in [0.15, 0.2) is 88.7 Å². The fourth-order valence-electron chi connectivity index (χ4n) is 2.50. The first-order chi connectivity index (χ1) is 14.0. The molecule has 0 aromatic heterocycles. The van der Waals surface area contributed by atoms with Gasteiger partial charge in [-0.15, -0.1) is 11.8 Å². The monoisotopic (exact) mass is 424 g/mol. The molecule has 3 rings (SSSR count). The second-order valence-electron chi connectivity index (χ2n) is 6.11. The van der Waals surface area contributed by atoms with Crippen molar-refractivity contribution in [3.63, 3.8) is 0 Å². The Hall–Kier alpha value is -2.90. The normalized spacial score (nSPS) is 10.4.